The number of carbonyl (C=O) groups is 1. The molecule has 0 N–H and O–H groups in total. The molecule has 1 unspecified atom stereocenters. The molecule has 1 aromatic carbocycles. The number of Topliss-reactive ketones (excluding diaryl/α,β-unsaturated/α-hetero) is 1. The summed E-state index contributed by atoms with van der Waals surface area (Å²) < 4.78 is 0. The van der Waals surface area contributed by atoms with E-state index in [1.165, 1.54) is 0 Å². The van der Waals surface area contributed by atoms with Gasteiger partial charge in [-0.25, -0.2) is 0 Å². The van der Waals surface area contributed by atoms with Crippen molar-refractivity contribution in [2.45, 2.75) is 26.8 Å². The van der Waals surface area contributed by atoms with Crippen molar-refractivity contribution in [3.05, 3.63) is 34.9 Å². The molecule has 0 fully saturated rings. The Morgan fingerprint density at radius 3 is 2.12 bits per heavy atom. The van der Waals surface area contributed by atoms with E-state index in [-0.39, 0.29) is 11.8 Å². The van der Waals surface area contributed by atoms with Gasteiger partial charge in [0.25, 0.3) is 0 Å². The molecule has 1 rings (SSSR count). The number of ketones is 1. The molecule has 0 saturated carbocycles. The lowest BCUT2D eigenvalue weighted by Crippen LogP contribution is -2.32. The second-order valence-corrected chi connectivity index (χ2v) is 4.22. The van der Waals surface area contributed by atoms with E-state index in [0.29, 0.717) is 5.02 Å². The number of benzene rings is 1. The Kier molecular flexibility index (Phi) is 4.97. The van der Waals surface area contributed by atoms with Crippen molar-refractivity contribution in [2.75, 3.05) is 13.1 Å². The lowest BCUT2D eigenvalue weighted by Gasteiger charge is -2.27. The van der Waals surface area contributed by atoms with Crippen LogP contribution in [0.5, 0.6) is 0 Å². The van der Waals surface area contributed by atoms with Gasteiger partial charge in [0.1, 0.15) is 0 Å². The number of carbonyl (C=O) groups excluding carboxylic acids is 1. The van der Waals surface area contributed by atoms with E-state index in [4.69, 9.17) is 11.6 Å². The van der Waals surface area contributed by atoms with Crippen molar-refractivity contribution in [2.24, 2.45) is 0 Å². The highest BCUT2D eigenvalue weighted by atomic mass is 35.5. The number of hydrogen-bond donors (Lipinski definition) is 0. The average Bonchev–Trinajstić information content (AvgIpc) is 2.27. The number of rotatable bonds is 5. The molecule has 0 spiro atoms. The minimum atomic E-state index is -0.146. The molecular formula is C13H18ClNO. The molecule has 1 aromatic rings. The van der Waals surface area contributed by atoms with Gasteiger partial charge < -0.3 is 0 Å². The average molecular weight is 240 g/mol. The summed E-state index contributed by atoms with van der Waals surface area (Å²) in [6, 6.07) is 7.36. The van der Waals surface area contributed by atoms with Crippen LogP contribution in [-0.2, 0) is 4.79 Å². The first-order chi connectivity index (χ1) is 7.60. The first kappa shape index (κ1) is 13.2. The minimum Gasteiger partial charge on any atom is -0.298 e. The lowest BCUT2D eigenvalue weighted by molar-refractivity contribution is -0.122. The van der Waals surface area contributed by atoms with Crippen LogP contribution in [0.2, 0.25) is 5.02 Å². The zero-order chi connectivity index (χ0) is 12.1. The maximum absolute atomic E-state index is 11.7. The first-order valence-corrected chi connectivity index (χ1v) is 5.97. The molecule has 3 heteroatoms. The number of likely N-dealkylation sites (N-methyl/N-ethyl adjacent to an activating group) is 1. The van der Waals surface area contributed by atoms with E-state index in [0.717, 1.165) is 18.7 Å². The minimum absolute atomic E-state index is 0.146. The summed E-state index contributed by atoms with van der Waals surface area (Å²) in [7, 11) is 0. The van der Waals surface area contributed by atoms with Crippen molar-refractivity contribution in [1.29, 1.82) is 0 Å². The monoisotopic (exact) mass is 239 g/mol. The fraction of sp³-hybridized carbons (Fsp3) is 0.462. The standard InChI is InChI=1S/C13H18ClNO/c1-4-15(5-2)13(10(3)16)11-6-8-12(14)9-7-11/h6-9,13H,4-5H2,1-3H3. The van der Waals surface area contributed by atoms with Crippen molar-refractivity contribution >= 4 is 17.4 Å². The third-order valence-corrected chi connectivity index (χ3v) is 3.00. The van der Waals surface area contributed by atoms with Crippen LogP contribution in [-0.4, -0.2) is 23.8 Å². The summed E-state index contributed by atoms with van der Waals surface area (Å²) in [4.78, 5) is 13.9. The van der Waals surface area contributed by atoms with Gasteiger partial charge in [-0.2, -0.15) is 0 Å². The van der Waals surface area contributed by atoms with Gasteiger partial charge in [-0.15, -0.1) is 0 Å². The second kappa shape index (κ2) is 6.02. The third-order valence-electron chi connectivity index (χ3n) is 2.75. The Bertz CT molecular complexity index is 343. The molecule has 0 aliphatic rings. The fourth-order valence-electron chi connectivity index (χ4n) is 1.94. The van der Waals surface area contributed by atoms with Crippen LogP contribution in [0.3, 0.4) is 0 Å². The van der Waals surface area contributed by atoms with Gasteiger partial charge in [-0.1, -0.05) is 37.6 Å². The van der Waals surface area contributed by atoms with E-state index in [2.05, 4.69) is 18.7 Å². The zero-order valence-electron chi connectivity index (χ0n) is 10.0. The summed E-state index contributed by atoms with van der Waals surface area (Å²) in [5, 5.41) is 0.700. The van der Waals surface area contributed by atoms with Crippen LogP contribution in [0.15, 0.2) is 24.3 Å². The van der Waals surface area contributed by atoms with Crippen molar-refractivity contribution < 1.29 is 4.79 Å². The smallest absolute Gasteiger partial charge is 0.151 e. The van der Waals surface area contributed by atoms with Gasteiger partial charge in [-0.3, -0.25) is 9.69 Å². The van der Waals surface area contributed by atoms with Crippen molar-refractivity contribution in [3.63, 3.8) is 0 Å². The van der Waals surface area contributed by atoms with Crippen LogP contribution < -0.4 is 0 Å². The molecule has 1 atom stereocenters. The van der Waals surface area contributed by atoms with E-state index in [9.17, 15) is 4.79 Å². The van der Waals surface area contributed by atoms with Crippen molar-refractivity contribution in [3.8, 4) is 0 Å². The van der Waals surface area contributed by atoms with Gasteiger partial charge in [0.2, 0.25) is 0 Å². The fourth-order valence-corrected chi connectivity index (χ4v) is 2.06. The van der Waals surface area contributed by atoms with E-state index in [1.54, 1.807) is 6.92 Å². The summed E-state index contributed by atoms with van der Waals surface area (Å²) in [5.41, 5.74) is 1.01. The zero-order valence-corrected chi connectivity index (χ0v) is 10.8. The highest BCUT2D eigenvalue weighted by molar-refractivity contribution is 6.30. The Morgan fingerprint density at radius 2 is 1.75 bits per heavy atom. The quantitative estimate of drug-likeness (QED) is 0.786. The van der Waals surface area contributed by atoms with Crippen LogP contribution in [0, 0.1) is 0 Å². The van der Waals surface area contributed by atoms with Gasteiger partial charge in [0.15, 0.2) is 5.78 Å². The van der Waals surface area contributed by atoms with Gasteiger partial charge >= 0.3 is 0 Å². The molecule has 0 aliphatic heterocycles. The van der Waals surface area contributed by atoms with Crippen molar-refractivity contribution in [1.82, 2.24) is 4.90 Å². The molecule has 2 nitrogen and oxygen atoms in total. The molecule has 0 amide bonds. The molecule has 0 bridgehead atoms. The molecule has 0 radical (unpaired) electrons. The molecule has 0 heterocycles. The van der Waals surface area contributed by atoms with Gasteiger partial charge in [0.05, 0.1) is 6.04 Å². The third kappa shape index (κ3) is 3.06. The van der Waals surface area contributed by atoms with E-state index >= 15 is 0 Å². The molecular weight excluding hydrogens is 222 g/mol. The maximum Gasteiger partial charge on any atom is 0.151 e. The summed E-state index contributed by atoms with van der Waals surface area (Å²) in [5.74, 6) is 0.172. The maximum atomic E-state index is 11.7. The summed E-state index contributed by atoms with van der Waals surface area (Å²) in [6.45, 7) is 7.50. The topological polar surface area (TPSA) is 20.3 Å². The Balaban J connectivity index is 3.02. The van der Waals surface area contributed by atoms with Crippen LogP contribution in [0.25, 0.3) is 0 Å². The summed E-state index contributed by atoms with van der Waals surface area (Å²) in [6.07, 6.45) is 0. The summed E-state index contributed by atoms with van der Waals surface area (Å²) >= 11 is 5.84. The first-order valence-electron chi connectivity index (χ1n) is 5.60. The van der Waals surface area contributed by atoms with Gasteiger partial charge in [0, 0.05) is 5.02 Å². The highest BCUT2D eigenvalue weighted by Crippen LogP contribution is 2.23. The van der Waals surface area contributed by atoms with Gasteiger partial charge in [-0.05, 0) is 37.7 Å². The molecule has 0 aromatic heterocycles. The van der Waals surface area contributed by atoms with Crippen LogP contribution in [0.1, 0.15) is 32.4 Å². The predicted molar refractivity (Wildman–Crippen MR) is 67.8 cm³/mol. The van der Waals surface area contributed by atoms with Crippen LogP contribution >= 0.6 is 11.6 Å². The SMILES string of the molecule is CCN(CC)C(C(C)=O)c1ccc(Cl)cc1. The van der Waals surface area contributed by atoms with E-state index < -0.39 is 0 Å². The Hall–Kier alpha value is -0.860. The lowest BCUT2D eigenvalue weighted by atomic mass is 10.0. The predicted octanol–water partition coefficient (Wildman–Crippen LogP) is 3.31. The molecule has 88 valence electrons. The number of halogens is 1. The Labute approximate surface area is 102 Å². The normalized spacial score (nSPS) is 12.8. The highest BCUT2D eigenvalue weighted by Gasteiger charge is 2.21. The molecule has 0 saturated heterocycles. The molecule has 16 heavy (non-hydrogen) atoms. The van der Waals surface area contributed by atoms with Crippen LogP contribution in [0.4, 0.5) is 0 Å². The largest absolute Gasteiger partial charge is 0.298 e. The Morgan fingerprint density at radius 1 is 1.25 bits per heavy atom. The second-order valence-electron chi connectivity index (χ2n) is 3.79. The van der Waals surface area contributed by atoms with E-state index in [1.807, 2.05) is 24.3 Å². The number of nitrogens with zero attached hydrogens (tertiary/aromatic N) is 1. The number of hydrogen-bond acceptors (Lipinski definition) is 2. The molecule has 0 aliphatic carbocycles.